The first-order valence-electron chi connectivity index (χ1n) is 15.9. The number of ether oxygens (including phenoxy) is 1. The third-order valence-corrected chi connectivity index (χ3v) is 12.3. The maximum Gasteiger partial charge on any atom is 0.264 e. The zero-order valence-corrected chi connectivity index (χ0v) is 27.2. The molecule has 9 nitrogen and oxygen atoms in total. The topological polar surface area (TPSA) is 101 Å². The number of benzene rings is 3. The van der Waals surface area contributed by atoms with Crippen molar-refractivity contribution in [3.63, 3.8) is 0 Å². The Morgan fingerprint density at radius 3 is 2.43 bits per heavy atom. The van der Waals surface area contributed by atoms with Crippen molar-refractivity contribution in [2.75, 3.05) is 16.3 Å². The fourth-order valence-electron chi connectivity index (χ4n) is 7.60. The quantitative estimate of drug-likeness (QED) is 0.147. The van der Waals surface area contributed by atoms with Crippen molar-refractivity contribution in [1.29, 1.82) is 0 Å². The van der Waals surface area contributed by atoms with Crippen LogP contribution in [0.1, 0.15) is 48.3 Å². The Hall–Kier alpha value is -4.19. The first-order chi connectivity index (χ1) is 22.1. The number of carbonyl (C=O) groups excluding carboxylic acids is 2. The van der Waals surface area contributed by atoms with Crippen LogP contribution in [0.2, 0.25) is 18.6 Å². The van der Waals surface area contributed by atoms with E-state index in [0.717, 1.165) is 16.9 Å². The Labute approximate surface area is 268 Å². The van der Waals surface area contributed by atoms with Crippen molar-refractivity contribution >= 4 is 31.6 Å². The zero-order valence-electron chi connectivity index (χ0n) is 26.2. The largest absolute Gasteiger partial charge is 0.382 e. The summed E-state index contributed by atoms with van der Waals surface area (Å²) in [5.74, 6) is -0.618. The van der Waals surface area contributed by atoms with Gasteiger partial charge in [0.15, 0.2) is 5.60 Å². The normalized spacial score (nSPS) is 24.8. The molecular weight excluding hydrogens is 602 g/mol. The monoisotopic (exact) mass is 639 g/mol. The molecule has 4 heterocycles. The van der Waals surface area contributed by atoms with E-state index in [1.807, 2.05) is 85.8 Å². The predicted octanol–water partition coefficient (Wildman–Crippen LogP) is 5.51. The number of aromatic nitrogens is 3. The number of carbonyl (C=O) groups is 2. The Morgan fingerprint density at radius 2 is 1.78 bits per heavy atom. The smallest absolute Gasteiger partial charge is 0.264 e. The standard InChI is InChI=1S/C35H38FN5O4Si/c1-23-33(46(2,3)36)30(16-18-39-22-28(37-38-39)32(43)25-12-8-5-9-13-25)45-35(23)27-20-26(40-19-17-31(40)42)14-15-29(27)41(34(35)44)21-24-10-6-4-7-11-24/h4-15,20,22-23,30,32-33,43H,16-19,21H2,1-3H3/t23-,30+,32-,33-,35+/m1/s1. The Kier molecular flexibility index (Phi) is 7.65. The van der Waals surface area contributed by atoms with E-state index in [1.54, 1.807) is 33.8 Å². The summed E-state index contributed by atoms with van der Waals surface area (Å²) < 4.78 is 24.9. The summed E-state index contributed by atoms with van der Waals surface area (Å²) in [5.41, 5.74) is 2.38. The highest BCUT2D eigenvalue weighted by molar-refractivity contribution is 6.72. The minimum Gasteiger partial charge on any atom is -0.382 e. The van der Waals surface area contributed by atoms with Crippen molar-refractivity contribution < 1.29 is 23.5 Å². The van der Waals surface area contributed by atoms with Gasteiger partial charge in [-0.2, -0.15) is 0 Å². The number of anilines is 2. The van der Waals surface area contributed by atoms with Crippen LogP contribution in [0.25, 0.3) is 0 Å². The molecule has 0 bridgehead atoms. The highest BCUT2D eigenvalue weighted by atomic mass is 28.4. The third-order valence-electron chi connectivity index (χ3n) is 9.88. The molecule has 1 N–H and O–H groups in total. The number of fused-ring (bicyclic) bond motifs is 2. The predicted molar refractivity (Wildman–Crippen MR) is 174 cm³/mol. The molecule has 3 aromatic carbocycles. The van der Waals surface area contributed by atoms with Crippen LogP contribution in [0.3, 0.4) is 0 Å². The number of β-lactam (4-membered cyclic amide) rings is 1. The summed E-state index contributed by atoms with van der Waals surface area (Å²) in [4.78, 5) is 30.6. The molecule has 11 heteroatoms. The molecule has 2 fully saturated rings. The number of rotatable bonds is 9. The number of aryl methyl sites for hydroxylation is 1. The first kappa shape index (κ1) is 30.5. The van der Waals surface area contributed by atoms with Gasteiger partial charge in [0.1, 0.15) is 11.8 Å². The van der Waals surface area contributed by atoms with Crippen LogP contribution >= 0.6 is 0 Å². The van der Waals surface area contributed by atoms with Gasteiger partial charge in [0, 0.05) is 42.2 Å². The van der Waals surface area contributed by atoms with Crippen molar-refractivity contribution in [2.24, 2.45) is 5.92 Å². The van der Waals surface area contributed by atoms with Gasteiger partial charge in [-0.15, -0.1) is 5.10 Å². The fraction of sp³-hybridized carbons (Fsp3) is 0.371. The van der Waals surface area contributed by atoms with Crippen molar-refractivity contribution in [3.8, 4) is 0 Å². The van der Waals surface area contributed by atoms with Crippen LogP contribution in [-0.2, 0) is 33.0 Å². The number of aliphatic hydroxyl groups is 1. The Morgan fingerprint density at radius 1 is 1.07 bits per heavy atom. The average Bonchev–Trinajstić information content (AvgIpc) is 3.70. The highest BCUT2D eigenvalue weighted by Gasteiger charge is 2.66. The minimum atomic E-state index is -3.37. The van der Waals surface area contributed by atoms with Crippen molar-refractivity contribution in [1.82, 2.24) is 15.0 Å². The molecule has 0 aliphatic carbocycles. The lowest BCUT2D eigenvalue weighted by Crippen LogP contribution is -2.45. The van der Waals surface area contributed by atoms with E-state index < -0.39 is 37.7 Å². The van der Waals surface area contributed by atoms with Gasteiger partial charge < -0.3 is 23.8 Å². The lowest BCUT2D eigenvalue weighted by atomic mass is 9.82. The lowest BCUT2D eigenvalue weighted by Gasteiger charge is -2.33. The molecule has 1 spiro atoms. The van der Waals surface area contributed by atoms with Gasteiger partial charge in [-0.25, -0.2) is 0 Å². The van der Waals surface area contributed by atoms with Crippen molar-refractivity contribution in [2.45, 2.75) is 69.3 Å². The molecule has 4 aromatic rings. The maximum atomic E-state index is 16.3. The van der Waals surface area contributed by atoms with E-state index in [1.165, 1.54) is 0 Å². The van der Waals surface area contributed by atoms with Gasteiger partial charge in [-0.05, 0) is 48.8 Å². The molecule has 3 aliphatic rings. The number of halogens is 1. The second-order valence-electron chi connectivity index (χ2n) is 13.2. The van der Waals surface area contributed by atoms with Gasteiger partial charge in [-0.3, -0.25) is 14.3 Å². The van der Waals surface area contributed by atoms with Gasteiger partial charge in [0.2, 0.25) is 14.3 Å². The molecule has 7 rings (SSSR count). The number of aliphatic hydroxyl groups excluding tert-OH is 1. The van der Waals surface area contributed by atoms with Crippen LogP contribution in [0, 0.1) is 5.92 Å². The molecule has 0 saturated carbocycles. The summed E-state index contributed by atoms with van der Waals surface area (Å²) in [6.07, 6.45) is 1.13. The second-order valence-corrected chi connectivity index (χ2v) is 16.9. The minimum absolute atomic E-state index is 0.0393. The van der Waals surface area contributed by atoms with Gasteiger partial charge in [0.05, 0.1) is 24.5 Å². The number of hydrogen-bond donors (Lipinski definition) is 1. The molecular formula is C35H38FN5O4Si. The molecule has 2 amide bonds. The Bertz CT molecular complexity index is 1760. The van der Waals surface area contributed by atoms with Crippen molar-refractivity contribution in [3.05, 3.63) is 107 Å². The van der Waals surface area contributed by atoms with E-state index in [9.17, 15) is 14.7 Å². The lowest BCUT2D eigenvalue weighted by molar-refractivity contribution is -0.146. The molecule has 0 radical (unpaired) electrons. The summed E-state index contributed by atoms with van der Waals surface area (Å²) in [7, 11) is -3.37. The number of amides is 2. The second kappa shape index (κ2) is 11.6. The van der Waals surface area contributed by atoms with E-state index in [2.05, 4.69) is 10.3 Å². The number of nitrogens with zero attached hydrogens (tertiary/aromatic N) is 5. The van der Waals surface area contributed by atoms with Crippen LogP contribution < -0.4 is 9.80 Å². The van der Waals surface area contributed by atoms with E-state index in [4.69, 9.17) is 4.74 Å². The average molecular weight is 640 g/mol. The summed E-state index contributed by atoms with van der Waals surface area (Å²) >= 11 is 0. The van der Waals surface area contributed by atoms with Crippen LogP contribution in [0.5, 0.6) is 0 Å². The first-order valence-corrected chi connectivity index (χ1v) is 18.8. The Balaban J connectivity index is 1.22. The molecule has 238 valence electrons. The zero-order chi connectivity index (χ0) is 32.2. The van der Waals surface area contributed by atoms with Gasteiger partial charge in [0.25, 0.3) is 5.91 Å². The summed E-state index contributed by atoms with van der Waals surface area (Å²) in [6, 6.07) is 24.7. The molecule has 3 aliphatic heterocycles. The molecule has 1 aromatic heterocycles. The van der Waals surface area contributed by atoms with E-state index in [-0.39, 0.29) is 11.8 Å². The SMILES string of the molecule is C[C@@H]1[C@@H]([Si](C)(C)F)[C@H](CCn2cc([C@H](O)c3ccccc3)nn2)O[C@@]12C(=O)N(Cc1ccccc1)c1ccc(N3CCC3=O)cc12. The number of hydrogen-bond acceptors (Lipinski definition) is 6. The maximum absolute atomic E-state index is 16.3. The molecule has 0 unspecified atom stereocenters. The third kappa shape index (κ3) is 5.06. The van der Waals surface area contributed by atoms with Crippen LogP contribution in [0.15, 0.2) is 85.1 Å². The van der Waals surface area contributed by atoms with Gasteiger partial charge in [-0.1, -0.05) is 72.8 Å². The molecule has 46 heavy (non-hydrogen) atoms. The fourth-order valence-corrected chi connectivity index (χ4v) is 10.1. The highest BCUT2D eigenvalue weighted by Crippen LogP contribution is 2.60. The van der Waals surface area contributed by atoms with Crippen LogP contribution in [0.4, 0.5) is 15.5 Å². The van der Waals surface area contributed by atoms with E-state index >= 15 is 4.11 Å². The van der Waals surface area contributed by atoms with E-state index in [0.29, 0.717) is 49.3 Å². The van der Waals surface area contributed by atoms with Gasteiger partial charge >= 0.3 is 0 Å². The van der Waals surface area contributed by atoms with Crippen LogP contribution in [-0.4, -0.2) is 53.0 Å². The molecule has 5 atom stereocenters. The summed E-state index contributed by atoms with van der Waals surface area (Å²) in [6.45, 7) is 6.66. The summed E-state index contributed by atoms with van der Waals surface area (Å²) in [5, 5.41) is 19.2. The molecule has 2 saturated heterocycles.